The lowest BCUT2D eigenvalue weighted by molar-refractivity contribution is 0.0698. The van der Waals surface area contributed by atoms with Crippen LogP contribution in [0.1, 0.15) is 15.9 Å². The number of aromatic carboxylic acids is 1. The number of halogens is 1. The molecule has 19 heavy (non-hydrogen) atoms. The second kappa shape index (κ2) is 5.88. The van der Waals surface area contributed by atoms with E-state index in [0.29, 0.717) is 18.8 Å². The van der Waals surface area contributed by atoms with E-state index in [4.69, 9.17) is 5.11 Å². The van der Waals surface area contributed by atoms with Gasteiger partial charge >= 0.3 is 5.97 Å². The first-order chi connectivity index (χ1) is 9.06. The molecule has 0 saturated heterocycles. The van der Waals surface area contributed by atoms with Crippen LogP contribution in [0.4, 0.5) is 5.69 Å². The lowest BCUT2D eigenvalue weighted by Gasteiger charge is -2.10. The van der Waals surface area contributed by atoms with Gasteiger partial charge in [-0.15, -0.1) is 0 Å². The SMILES string of the molecule is Cc1cnn(CCNc2cc(Br)ccc2C(=O)O)c1. The summed E-state index contributed by atoms with van der Waals surface area (Å²) in [6, 6.07) is 5.05. The molecular weight excluding hydrogens is 310 g/mol. The van der Waals surface area contributed by atoms with Crippen molar-refractivity contribution in [1.82, 2.24) is 9.78 Å². The zero-order chi connectivity index (χ0) is 13.8. The molecule has 1 aromatic heterocycles. The molecule has 100 valence electrons. The second-order valence-electron chi connectivity index (χ2n) is 4.20. The Hall–Kier alpha value is -1.82. The topological polar surface area (TPSA) is 67.2 Å². The number of aryl methyl sites for hydroxylation is 1. The Bertz CT molecular complexity index is 595. The Kier molecular flexibility index (Phi) is 4.21. The average molecular weight is 324 g/mol. The Morgan fingerprint density at radius 1 is 1.53 bits per heavy atom. The van der Waals surface area contributed by atoms with Gasteiger partial charge in [0.2, 0.25) is 0 Å². The van der Waals surface area contributed by atoms with Gasteiger partial charge in [0.25, 0.3) is 0 Å². The number of benzene rings is 1. The van der Waals surface area contributed by atoms with Crippen LogP contribution in [-0.4, -0.2) is 27.4 Å². The molecule has 2 rings (SSSR count). The zero-order valence-corrected chi connectivity index (χ0v) is 12.0. The van der Waals surface area contributed by atoms with E-state index in [-0.39, 0.29) is 5.56 Å². The molecule has 0 radical (unpaired) electrons. The number of nitrogens with one attached hydrogen (secondary N) is 1. The van der Waals surface area contributed by atoms with Crippen LogP contribution in [0.25, 0.3) is 0 Å². The van der Waals surface area contributed by atoms with Gasteiger partial charge in [0, 0.05) is 22.9 Å². The minimum atomic E-state index is -0.940. The lowest BCUT2D eigenvalue weighted by Crippen LogP contribution is -2.13. The van der Waals surface area contributed by atoms with Crippen molar-refractivity contribution in [2.24, 2.45) is 0 Å². The molecule has 0 bridgehead atoms. The number of anilines is 1. The van der Waals surface area contributed by atoms with Crippen LogP contribution in [0.3, 0.4) is 0 Å². The predicted octanol–water partition coefficient (Wildman–Crippen LogP) is 2.76. The smallest absolute Gasteiger partial charge is 0.337 e. The molecule has 2 aromatic rings. The summed E-state index contributed by atoms with van der Waals surface area (Å²) in [5, 5.41) is 16.4. The van der Waals surface area contributed by atoms with Gasteiger partial charge in [0.05, 0.1) is 18.3 Å². The van der Waals surface area contributed by atoms with E-state index in [1.54, 1.807) is 24.4 Å². The number of rotatable bonds is 5. The van der Waals surface area contributed by atoms with Gasteiger partial charge in [0.15, 0.2) is 0 Å². The molecule has 5 nitrogen and oxygen atoms in total. The molecule has 1 heterocycles. The van der Waals surface area contributed by atoms with Crippen molar-refractivity contribution in [3.8, 4) is 0 Å². The van der Waals surface area contributed by atoms with Gasteiger partial charge in [-0.05, 0) is 30.7 Å². The minimum absolute atomic E-state index is 0.264. The molecule has 0 aliphatic rings. The number of hydrogen-bond acceptors (Lipinski definition) is 3. The molecule has 0 unspecified atom stereocenters. The minimum Gasteiger partial charge on any atom is -0.478 e. The van der Waals surface area contributed by atoms with Crippen LogP contribution >= 0.6 is 15.9 Å². The van der Waals surface area contributed by atoms with Crippen LogP contribution in [0.2, 0.25) is 0 Å². The molecule has 2 N–H and O–H groups in total. The van der Waals surface area contributed by atoms with Crippen LogP contribution < -0.4 is 5.32 Å². The number of aromatic nitrogens is 2. The van der Waals surface area contributed by atoms with Crippen molar-refractivity contribution in [2.45, 2.75) is 13.5 Å². The molecule has 0 saturated carbocycles. The van der Waals surface area contributed by atoms with Gasteiger partial charge in [-0.3, -0.25) is 4.68 Å². The van der Waals surface area contributed by atoms with Crippen LogP contribution in [0, 0.1) is 6.92 Å². The summed E-state index contributed by atoms with van der Waals surface area (Å²) in [7, 11) is 0. The van der Waals surface area contributed by atoms with Crippen molar-refractivity contribution < 1.29 is 9.90 Å². The molecular formula is C13H14BrN3O2. The van der Waals surface area contributed by atoms with Gasteiger partial charge in [-0.2, -0.15) is 5.10 Å². The van der Waals surface area contributed by atoms with E-state index in [1.165, 1.54) is 0 Å². The fourth-order valence-corrected chi connectivity index (χ4v) is 2.10. The first-order valence-corrected chi connectivity index (χ1v) is 6.61. The van der Waals surface area contributed by atoms with E-state index in [0.717, 1.165) is 10.0 Å². The number of carbonyl (C=O) groups is 1. The van der Waals surface area contributed by atoms with E-state index >= 15 is 0 Å². The van der Waals surface area contributed by atoms with Crippen LogP contribution in [-0.2, 0) is 6.54 Å². The molecule has 0 spiro atoms. The van der Waals surface area contributed by atoms with Crippen LogP contribution in [0.5, 0.6) is 0 Å². The normalized spacial score (nSPS) is 10.4. The van der Waals surface area contributed by atoms with E-state index < -0.39 is 5.97 Å². The molecule has 6 heteroatoms. The highest BCUT2D eigenvalue weighted by molar-refractivity contribution is 9.10. The van der Waals surface area contributed by atoms with Crippen LogP contribution in [0.15, 0.2) is 35.1 Å². The first-order valence-electron chi connectivity index (χ1n) is 5.82. The van der Waals surface area contributed by atoms with E-state index in [9.17, 15) is 4.79 Å². The van der Waals surface area contributed by atoms with Crippen molar-refractivity contribution in [1.29, 1.82) is 0 Å². The highest BCUT2D eigenvalue weighted by atomic mass is 79.9. The number of nitrogens with zero attached hydrogens (tertiary/aromatic N) is 2. The lowest BCUT2D eigenvalue weighted by atomic mass is 10.2. The van der Waals surface area contributed by atoms with Crippen molar-refractivity contribution >= 4 is 27.6 Å². The Morgan fingerprint density at radius 2 is 2.32 bits per heavy atom. The maximum Gasteiger partial charge on any atom is 0.337 e. The summed E-state index contributed by atoms with van der Waals surface area (Å²) in [5.41, 5.74) is 1.97. The largest absolute Gasteiger partial charge is 0.478 e. The fraction of sp³-hybridized carbons (Fsp3) is 0.231. The van der Waals surface area contributed by atoms with Gasteiger partial charge in [-0.25, -0.2) is 4.79 Å². The first kappa shape index (κ1) is 13.6. The Labute approximate surface area is 119 Å². The maximum absolute atomic E-state index is 11.1. The quantitative estimate of drug-likeness (QED) is 0.887. The third-order valence-electron chi connectivity index (χ3n) is 2.63. The maximum atomic E-state index is 11.1. The molecule has 0 aliphatic heterocycles. The van der Waals surface area contributed by atoms with Crippen molar-refractivity contribution in [3.05, 3.63) is 46.2 Å². The van der Waals surface area contributed by atoms with Crippen molar-refractivity contribution in [2.75, 3.05) is 11.9 Å². The number of carboxylic acids is 1. The third kappa shape index (κ3) is 3.57. The number of hydrogen-bond donors (Lipinski definition) is 2. The average Bonchev–Trinajstić information content (AvgIpc) is 2.75. The van der Waals surface area contributed by atoms with Crippen molar-refractivity contribution in [3.63, 3.8) is 0 Å². The van der Waals surface area contributed by atoms with Gasteiger partial charge < -0.3 is 10.4 Å². The summed E-state index contributed by atoms with van der Waals surface area (Å²) in [5.74, 6) is -0.940. The number of carboxylic acid groups (broad SMARTS) is 1. The molecule has 0 amide bonds. The summed E-state index contributed by atoms with van der Waals surface area (Å²) >= 11 is 3.34. The highest BCUT2D eigenvalue weighted by Gasteiger charge is 2.09. The van der Waals surface area contributed by atoms with Gasteiger partial charge in [-0.1, -0.05) is 15.9 Å². The monoisotopic (exact) mass is 323 g/mol. The third-order valence-corrected chi connectivity index (χ3v) is 3.12. The predicted molar refractivity (Wildman–Crippen MR) is 76.6 cm³/mol. The van der Waals surface area contributed by atoms with E-state index in [2.05, 4.69) is 26.3 Å². The summed E-state index contributed by atoms with van der Waals surface area (Å²) < 4.78 is 2.66. The Balaban J connectivity index is 2.02. The molecule has 0 fully saturated rings. The fourth-order valence-electron chi connectivity index (χ4n) is 1.74. The molecule has 1 aromatic carbocycles. The second-order valence-corrected chi connectivity index (χ2v) is 5.12. The Morgan fingerprint density at radius 3 is 2.95 bits per heavy atom. The summed E-state index contributed by atoms with van der Waals surface area (Å²) in [6.07, 6.45) is 3.74. The molecule has 0 aliphatic carbocycles. The zero-order valence-electron chi connectivity index (χ0n) is 10.4. The summed E-state index contributed by atoms with van der Waals surface area (Å²) in [6.45, 7) is 3.27. The molecule has 0 atom stereocenters. The van der Waals surface area contributed by atoms with Gasteiger partial charge in [0.1, 0.15) is 0 Å². The van der Waals surface area contributed by atoms with E-state index in [1.807, 2.05) is 17.8 Å². The highest BCUT2D eigenvalue weighted by Crippen LogP contribution is 2.21. The summed E-state index contributed by atoms with van der Waals surface area (Å²) in [4.78, 5) is 11.1. The standard InChI is InChI=1S/C13H14BrN3O2/c1-9-7-16-17(8-9)5-4-15-12-6-10(14)2-3-11(12)13(18)19/h2-3,6-8,15H,4-5H2,1H3,(H,18,19).